The minimum atomic E-state index is -0.293. The van der Waals surface area contributed by atoms with E-state index in [1.54, 1.807) is 28.4 Å². The molecule has 1 aromatic heterocycles. The van der Waals surface area contributed by atoms with Crippen LogP contribution in [0.1, 0.15) is 27.1 Å². The average Bonchev–Trinajstić information content (AvgIpc) is 2.89. The summed E-state index contributed by atoms with van der Waals surface area (Å²) in [6.07, 6.45) is 0. The van der Waals surface area contributed by atoms with Crippen LogP contribution in [0.5, 0.6) is 0 Å². The van der Waals surface area contributed by atoms with Crippen molar-refractivity contribution in [3.05, 3.63) is 86.5 Å². The standard InChI is InChI=1S/C22H18ClFN2OS/c1-13-14(2)28-22-20(13)21(17-5-3-4-6-18(17)23)25-11-19(27)26(22)12-15-7-9-16(24)10-8-15/h3-10H,11-12H2,1-2H3. The highest BCUT2D eigenvalue weighted by molar-refractivity contribution is 7.17. The molecule has 1 amide bonds. The number of nitrogens with zero attached hydrogens (tertiary/aromatic N) is 2. The highest BCUT2D eigenvalue weighted by Gasteiger charge is 2.30. The van der Waals surface area contributed by atoms with Gasteiger partial charge in [-0.05, 0) is 43.2 Å². The van der Waals surface area contributed by atoms with Crippen molar-refractivity contribution in [2.75, 3.05) is 11.4 Å². The Balaban J connectivity index is 1.84. The number of hydrogen-bond acceptors (Lipinski definition) is 3. The van der Waals surface area contributed by atoms with Crippen LogP contribution in [-0.4, -0.2) is 18.2 Å². The number of carbonyl (C=O) groups excluding carboxylic acids is 1. The maximum Gasteiger partial charge on any atom is 0.249 e. The molecule has 0 atom stereocenters. The van der Waals surface area contributed by atoms with Gasteiger partial charge >= 0.3 is 0 Å². The number of carbonyl (C=O) groups is 1. The van der Waals surface area contributed by atoms with Crippen LogP contribution in [-0.2, 0) is 11.3 Å². The predicted octanol–water partition coefficient (Wildman–Crippen LogP) is 5.54. The first-order valence-electron chi connectivity index (χ1n) is 8.90. The summed E-state index contributed by atoms with van der Waals surface area (Å²) in [4.78, 5) is 20.5. The van der Waals surface area contributed by atoms with E-state index in [1.807, 2.05) is 38.1 Å². The van der Waals surface area contributed by atoms with Crippen molar-refractivity contribution >= 4 is 39.6 Å². The Bertz CT molecular complexity index is 1090. The number of aryl methyl sites for hydroxylation is 1. The third-order valence-corrected chi connectivity index (χ3v) is 6.46. The molecular weight excluding hydrogens is 395 g/mol. The number of halogens is 2. The minimum Gasteiger partial charge on any atom is -0.297 e. The highest BCUT2D eigenvalue weighted by atomic mass is 35.5. The van der Waals surface area contributed by atoms with Gasteiger partial charge in [0.15, 0.2) is 0 Å². The molecule has 28 heavy (non-hydrogen) atoms. The average molecular weight is 413 g/mol. The van der Waals surface area contributed by atoms with Crippen molar-refractivity contribution in [2.24, 2.45) is 4.99 Å². The number of thiophene rings is 1. The lowest BCUT2D eigenvalue weighted by atomic mass is 9.99. The molecule has 142 valence electrons. The van der Waals surface area contributed by atoms with Gasteiger partial charge in [0.05, 0.1) is 12.3 Å². The number of fused-ring (bicyclic) bond motifs is 1. The number of rotatable bonds is 3. The van der Waals surface area contributed by atoms with E-state index in [0.717, 1.165) is 37.8 Å². The molecule has 1 aliphatic heterocycles. The Hall–Kier alpha value is -2.50. The molecule has 0 unspecified atom stereocenters. The molecule has 1 aliphatic rings. The summed E-state index contributed by atoms with van der Waals surface area (Å²) in [6.45, 7) is 4.50. The van der Waals surface area contributed by atoms with Gasteiger partial charge in [-0.3, -0.25) is 14.7 Å². The summed E-state index contributed by atoms with van der Waals surface area (Å²) in [5, 5.41) is 1.47. The smallest absolute Gasteiger partial charge is 0.249 e. The number of benzene rings is 2. The highest BCUT2D eigenvalue weighted by Crippen LogP contribution is 2.40. The van der Waals surface area contributed by atoms with Crippen molar-refractivity contribution in [3.8, 4) is 0 Å². The molecule has 0 saturated heterocycles. The van der Waals surface area contributed by atoms with E-state index < -0.39 is 0 Å². The molecule has 4 rings (SSSR count). The normalized spacial score (nSPS) is 13.9. The Kier molecular flexibility index (Phi) is 5.04. The third kappa shape index (κ3) is 3.36. The van der Waals surface area contributed by atoms with Crippen LogP contribution in [0.2, 0.25) is 5.02 Å². The number of anilines is 1. The lowest BCUT2D eigenvalue weighted by Gasteiger charge is -2.21. The summed E-state index contributed by atoms with van der Waals surface area (Å²) in [7, 11) is 0. The molecule has 0 bridgehead atoms. The van der Waals surface area contributed by atoms with E-state index in [9.17, 15) is 9.18 Å². The van der Waals surface area contributed by atoms with Crippen LogP contribution in [0.15, 0.2) is 53.5 Å². The van der Waals surface area contributed by atoms with Gasteiger partial charge in [0.25, 0.3) is 0 Å². The fourth-order valence-electron chi connectivity index (χ4n) is 3.31. The maximum absolute atomic E-state index is 13.3. The molecule has 0 fully saturated rings. The van der Waals surface area contributed by atoms with E-state index in [4.69, 9.17) is 11.6 Å². The monoisotopic (exact) mass is 412 g/mol. The first kappa shape index (κ1) is 18.8. The second-order valence-electron chi connectivity index (χ2n) is 6.71. The Morgan fingerprint density at radius 1 is 1.14 bits per heavy atom. The Morgan fingerprint density at radius 2 is 1.86 bits per heavy atom. The minimum absolute atomic E-state index is 0.0433. The van der Waals surface area contributed by atoms with Gasteiger partial charge in [-0.25, -0.2) is 4.39 Å². The fourth-order valence-corrected chi connectivity index (χ4v) is 4.71. The molecule has 0 radical (unpaired) electrons. The van der Waals surface area contributed by atoms with Crippen LogP contribution in [0.3, 0.4) is 0 Å². The van der Waals surface area contributed by atoms with Crippen molar-refractivity contribution in [3.63, 3.8) is 0 Å². The van der Waals surface area contributed by atoms with Gasteiger partial charge in [-0.1, -0.05) is 41.9 Å². The third-order valence-electron chi connectivity index (χ3n) is 4.91. The van der Waals surface area contributed by atoms with E-state index in [0.29, 0.717) is 11.6 Å². The summed E-state index contributed by atoms with van der Waals surface area (Å²) in [5.41, 5.74) is 4.48. The molecule has 3 nitrogen and oxygen atoms in total. The number of aliphatic imine (C=N–C) groups is 1. The topological polar surface area (TPSA) is 32.7 Å². The van der Waals surface area contributed by atoms with Crippen LogP contribution >= 0.6 is 22.9 Å². The van der Waals surface area contributed by atoms with Crippen molar-refractivity contribution < 1.29 is 9.18 Å². The molecule has 0 spiro atoms. The van der Waals surface area contributed by atoms with Gasteiger partial charge < -0.3 is 0 Å². The van der Waals surface area contributed by atoms with Crippen LogP contribution in [0, 0.1) is 19.7 Å². The summed E-state index contributed by atoms with van der Waals surface area (Å²) < 4.78 is 13.3. The van der Waals surface area contributed by atoms with Gasteiger partial charge in [0.1, 0.15) is 17.4 Å². The Morgan fingerprint density at radius 3 is 2.57 bits per heavy atom. The fraction of sp³-hybridized carbons (Fsp3) is 0.182. The van der Waals surface area contributed by atoms with Gasteiger partial charge in [-0.2, -0.15) is 0 Å². The van der Waals surface area contributed by atoms with Crippen molar-refractivity contribution in [1.82, 2.24) is 0 Å². The zero-order valence-corrected chi connectivity index (χ0v) is 17.1. The second-order valence-corrected chi connectivity index (χ2v) is 8.32. The van der Waals surface area contributed by atoms with Crippen LogP contribution < -0.4 is 4.90 Å². The Labute approximate surface area is 172 Å². The van der Waals surface area contributed by atoms with E-state index in [-0.39, 0.29) is 18.3 Å². The molecule has 0 aliphatic carbocycles. The van der Waals surface area contributed by atoms with Crippen molar-refractivity contribution in [1.29, 1.82) is 0 Å². The summed E-state index contributed by atoms with van der Waals surface area (Å²) >= 11 is 8.02. The summed E-state index contributed by atoms with van der Waals surface area (Å²) in [6, 6.07) is 13.8. The van der Waals surface area contributed by atoms with Crippen LogP contribution in [0.25, 0.3) is 0 Å². The zero-order chi connectivity index (χ0) is 19.8. The lowest BCUT2D eigenvalue weighted by Crippen LogP contribution is -2.31. The SMILES string of the molecule is Cc1sc2c(c1C)C(c1ccccc1Cl)=NCC(=O)N2Cc1ccc(F)cc1. The molecule has 2 heterocycles. The van der Waals surface area contributed by atoms with E-state index >= 15 is 0 Å². The molecular formula is C22H18ClFN2OS. The molecule has 0 saturated carbocycles. The van der Waals surface area contributed by atoms with Gasteiger partial charge in [0.2, 0.25) is 5.91 Å². The summed E-state index contributed by atoms with van der Waals surface area (Å²) in [5.74, 6) is -0.382. The quantitative estimate of drug-likeness (QED) is 0.555. The first-order chi connectivity index (χ1) is 13.5. The van der Waals surface area contributed by atoms with Gasteiger partial charge in [-0.15, -0.1) is 11.3 Å². The first-order valence-corrected chi connectivity index (χ1v) is 10.1. The van der Waals surface area contributed by atoms with Gasteiger partial charge in [0, 0.05) is 21.0 Å². The largest absolute Gasteiger partial charge is 0.297 e. The molecule has 3 aromatic rings. The lowest BCUT2D eigenvalue weighted by molar-refractivity contribution is -0.117. The number of amides is 1. The predicted molar refractivity (Wildman–Crippen MR) is 113 cm³/mol. The van der Waals surface area contributed by atoms with Crippen molar-refractivity contribution in [2.45, 2.75) is 20.4 Å². The van der Waals surface area contributed by atoms with Crippen LogP contribution in [0.4, 0.5) is 9.39 Å². The molecule has 2 aromatic carbocycles. The van der Waals surface area contributed by atoms with E-state index in [1.165, 1.54) is 12.1 Å². The molecule has 6 heteroatoms. The molecule has 0 N–H and O–H groups in total. The maximum atomic E-state index is 13.3. The number of hydrogen-bond donors (Lipinski definition) is 0. The zero-order valence-electron chi connectivity index (χ0n) is 15.5. The second kappa shape index (κ2) is 7.49. The van der Waals surface area contributed by atoms with E-state index in [2.05, 4.69) is 4.99 Å².